The standard InChI is InChI=1S/C26H22F3NO2S/c1-32-12-11-30-25(31)20-8-3-6-18(15-20)23-10-4-7-19-16-22(33-24(19)23)14-17-5-2-9-21(13-17)26(27,28)29/h2-10,13,15-16H,11-12,14H2,1H3,(H,30,31). The maximum Gasteiger partial charge on any atom is 0.416 e. The molecular formula is C26H22F3NO2S. The average Bonchev–Trinajstić information content (AvgIpc) is 3.21. The third kappa shape index (κ3) is 5.43. The van der Waals surface area contributed by atoms with Crippen LogP contribution in [0.5, 0.6) is 0 Å². The van der Waals surface area contributed by atoms with Gasteiger partial charge in [-0.05, 0) is 46.3 Å². The molecular weight excluding hydrogens is 447 g/mol. The van der Waals surface area contributed by atoms with Crippen molar-refractivity contribution in [3.05, 3.63) is 94.4 Å². The molecule has 0 saturated heterocycles. The number of carbonyl (C=O) groups excluding carboxylic acids is 1. The maximum absolute atomic E-state index is 13.1. The topological polar surface area (TPSA) is 38.3 Å². The molecule has 0 bridgehead atoms. The molecule has 0 aliphatic rings. The lowest BCUT2D eigenvalue weighted by Crippen LogP contribution is -2.26. The highest BCUT2D eigenvalue weighted by molar-refractivity contribution is 7.19. The van der Waals surface area contributed by atoms with Gasteiger partial charge in [-0.25, -0.2) is 0 Å². The van der Waals surface area contributed by atoms with Crippen molar-refractivity contribution in [3.8, 4) is 11.1 Å². The van der Waals surface area contributed by atoms with Crippen LogP contribution >= 0.6 is 11.3 Å². The molecule has 4 aromatic rings. The largest absolute Gasteiger partial charge is 0.416 e. The van der Waals surface area contributed by atoms with Crippen LogP contribution in [0.4, 0.5) is 13.2 Å². The van der Waals surface area contributed by atoms with Gasteiger partial charge in [0.15, 0.2) is 0 Å². The van der Waals surface area contributed by atoms with Gasteiger partial charge in [0.1, 0.15) is 0 Å². The van der Waals surface area contributed by atoms with E-state index in [4.69, 9.17) is 4.74 Å². The van der Waals surface area contributed by atoms with Gasteiger partial charge in [0.25, 0.3) is 5.91 Å². The van der Waals surface area contributed by atoms with Gasteiger partial charge in [-0.1, -0.05) is 48.5 Å². The highest BCUT2D eigenvalue weighted by Gasteiger charge is 2.30. The molecule has 0 spiro atoms. The molecule has 33 heavy (non-hydrogen) atoms. The van der Waals surface area contributed by atoms with Crippen LogP contribution < -0.4 is 5.32 Å². The predicted octanol–water partition coefficient (Wildman–Crippen LogP) is 6.55. The van der Waals surface area contributed by atoms with Crippen LogP contribution in [0.2, 0.25) is 0 Å². The lowest BCUT2D eigenvalue weighted by Gasteiger charge is -2.08. The van der Waals surface area contributed by atoms with Gasteiger partial charge in [0.2, 0.25) is 0 Å². The molecule has 0 aliphatic heterocycles. The van der Waals surface area contributed by atoms with E-state index in [2.05, 4.69) is 5.32 Å². The monoisotopic (exact) mass is 469 g/mol. The molecule has 0 unspecified atom stereocenters. The molecule has 3 nitrogen and oxygen atoms in total. The number of thiophene rings is 1. The summed E-state index contributed by atoms with van der Waals surface area (Å²) in [4.78, 5) is 13.4. The molecule has 0 saturated carbocycles. The summed E-state index contributed by atoms with van der Waals surface area (Å²) >= 11 is 1.56. The van der Waals surface area contributed by atoms with E-state index in [1.54, 1.807) is 30.6 Å². The first kappa shape index (κ1) is 23.0. The average molecular weight is 470 g/mol. The van der Waals surface area contributed by atoms with E-state index in [9.17, 15) is 18.0 Å². The van der Waals surface area contributed by atoms with E-state index in [1.807, 2.05) is 42.5 Å². The first-order valence-electron chi connectivity index (χ1n) is 10.4. The van der Waals surface area contributed by atoms with Crippen LogP contribution in [0.15, 0.2) is 72.8 Å². The van der Waals surface area contributed by atoms with E-state index >= 15 is 0 Å². The zero-order valence-corrected chi connectivity index (χ0v) is 18.7. The van der Waals surface area contributed by atoms with Crippen molar-refractivity contribution in [2.75, 3.05) is 20.3 Å². The number of hydrogen-bond acceptors (Lipinski definition) is 3. The molecule has 1 heterocycles. The van der Waals surface area contributed by atoms with Crippen molar-refractivity contribution in [2.45, 2.75) is 12.6 Å². The number of alkyl halides is 3. The zero-order valence-electron chi connectivity index (χ0n) is 17.9. The highest BCUT2D eigenvalue weighted by Crippen LogP contribution is 2.36. The Balaban J connectivity index is 1.63. The number of carbonyl (C=O) groups is 1. The number of methoxy groups -OCH3 is 1. The number of amides is 1. The summed E-state index contributed by atoms with van der Waals surface area (Å²) in [7, 11) is 1.58. The second-order valence-electron chi connectivity index (χ2n) is 7.64. The fourth-order valence-corrected chi connectivity index (χ4v) is 4.91. The third-order valence-corrected chi connectivity index (χ3v) is 6.44. The van der Waals surface area contributed by atoms with Crippen molar-refractivity contribution in [3.63, 3.8) is 0 Å². The van der Waals surface area contributed by atoms with Crippen molar-refractivity contribution < 1.29 is 22.7 Å². The SMILES string of the molecule is COCCNC(=O)c1cccc(-c2cccc3cc(Cc4cccc(C(F)(F)F)c4)sc23)c1. The second-order valence-corrected chi connectivity index (χ2v) is 8.78. The minimum atomic E-state index is -4.36. The molecule has 1 amide bonds. The Morgan fingerprint density at radius 3 is 2.58 bits per heavy atom. The first-order chi connectivity index (χ1) is 15.8. The maximum atomic E-state index is 13.1. The normalized spacial score (nSPS) is 11.6. The highest BCUT2D eigenvalue weighted by atomic mass is 32.1. The lowest BCUT2D eigenvalue weighted by atomic mass is 10.0. The minimum Gasteiger partial charge on any atom is -0.383 e. The Labute approximate surface area is 193 Å². The summed E-state index contributed by atoms with van der Waals surface area (Å²) in [5, 5.41) is 3.84. The van der Waals surface area contributed by atoms with Gasteiger partial charge >= 0.3 is 6.18 Å². The Bertz CT molecular complexity index is 1280. The Kier molecular flexibility index (Phi) is 6.81. The molecule has 1 N–H and O–H groups in total. The summed E-state index contributed by atoms with van der Waals surface area (Å²) in [6.45, 7) is 0.869. The Morgan fingerprint density at radius 2 is 1.79 bits per heavy atom. The van der Waals surface area contributed by atoms with E-state index in [-0.39, 0.29) is 5.91 Å². The Hall–Kier alpha value is -3.16. The summed E-state index contributed by atoms with van der Waals surface area (Å²) in [6.07, 6.45) is -3.94. The molecule has 4 rings (SSSR count). The van der Waals surface area contributed by atoms with Gasteiger partial charge < -0.3 is 10.1 Å². The molecule has 7 heteroatoms. The van der Waals surface area contributed by atoms with E-state index in [0.717, 1.165) is 32.2 Å². The number of fused-ring (bicyclic) bond motifs is 1. The van der Waals surface area contributed by atoms with Gasteiger partial charge in [0.05, 0.1) is 12.2 Å². The smallest absolute Gasteiger partial charge is 0.383 e. The second kappa shape index (κ2) is 9.77. The number of ether oxygens (including phenoxy) is 1. The van der Waals surface area contributed by atoms with E-state index in [1.165, 1.54) is 12.1 Å². The molecule has 0 fully saturated rings. The first-order valence-corrected chi connectivity index (χ1v) is 11.2. The summed E-state index contributed by atoms with van der Waals surface area (Å²) in [5.41, 5.74) is 2.43. The van der Waals surface area contributed by atoms with Crippen LogP contribution in [0.3, 0.4) is 0 Å². The summed E-state index contributed by atoms with van der Waals surface area (Å²) in [5.74, 6) is -0.169. The number of halogens is 3. The van der Waals surface area contributed by atoms with E-state index in [0.29, 0.717) is 30.7 Å². The van der Waals surface area contributed by atoms with Gasteiger partial charge in [-0.15, -0.1) is 11.3 Å². The number of hydrogen-bond donors (Lipinski definition) is 1. The van der Waals surface area contributed by atoms with Gasteiger partial charge in [0, 0.05) is 35.2 Å². The molecule has 0 atom stereocenters. The van der Waals surface area contributed by atoms with Crippen LogP contribution in [-0.2, 0) is 17.3 Å². The lowest BCUT2D eigenvalue weighted by molar-refractivity contribution is -0.137. The molecule has 0 aliphatic carbocycles. The van der Waals surface area contributed by atoms with Crippen LogP contribution in [0, 0.1) is 0 Å². The van der Waals surface area contributed by atoms with Gasteiger partial charge in [-0.3, -0.25) is 4.79 Å². The van der Waals surface area contributed by atoms with Crippen molar-refractivity contribution in [1.82, 2.24) is 5.32 Å². The Morgan fingerprint density at radius 1 is 1.00 bits per heavy atom. The van der Waals surface area contributed by atoms with Gasteiger partial charge in [-0.2, -0.15) is 13.2 Å². The molecule has 0 radical (unpaired) electrons. The third-order valence-electron chi connectivity index (χ3n) is 5.26. The molecule has 3 aromatic carbocycles. The number of benzene rings is 3. The summed E-state index contributed by atoms with van der Waals surface area (Å²) < 4.78 is 45.2. The van der Waals surface area contributed by atoms with Crippen molar-refractivity contribution in [2.24, 2.45) is 0 Å². The minimum absolute atomic E-state index is 0.169. The quantitative estimate of drug-likeness (QED) is 0.312. The van der Waals surface area contributed by atoms with Crippen LogP contribution in [-0.4, -0.2) is 26.2 Å². The van der Waals surface area contributed by atoms with Crippen molar-refractivity contribution >= 4 is 27.3 Å². The van der Waals surface area contributed by atoms with E-state index < -0.39 is 11.7 Å². The predicted molar refractivity (Wildman–Crippen MR) is 126 cm³/mol. The number of rotatable bonds is 7. The molecule has 170 valence electrons. The number of nitrogens with one attached hydrogen (secondary N) is 1. The fraction of sp³-hybridized carbons (Fsp3) is 0.192. The van der Waals surface area contributed by atoms with Crippen LogP contribution in [0.25, 0.3) is 21.2 Å². The molecule has 1 aromatic heterocycles. The fourth-order valence-electron chi connectivity index (χ4n) is 3.69. The zero-order chi connectivity index (χ0) is 23.4. The summed E-state index contributed by atoms with van der Waals surface area (Å²) in [6, 6.07) is 20.8. The van der Waals surface area contributed by atoms with Crippen LogP contribution in [0.1, 0.15) is 26.4 Å². The van der Waals surface area contributed by atoms with Crippen molar-refractivity contribution in [1.29, 1.82) is 0 Å².